The van der Waals surface area contributed by atoms with Crippen molar-refractivity contribution in [3.05, 3.63) is 39.0 Å². The molecule has 2 saturated carbocycles. The standard InChI is InChI=1S/C20H26N4O6S/c1-20(7-8-20)21-31(29,30)14-5-6-16-15(11-14)17(25)23(10-9-22(2)19(27)28)18(26)24(16)12-13-3-4-13/h5-6,11,13,21H,3-4,7-10,12H2,1-2H3,(H,27,28). The van der Waals surface area contributed by atoms with Crippen LogP contribution >= 0.6 is 0 Å². The predicted octanol–water partition coefficient (Wildman–Crippen LogP) is 1.01. The summed E-state index contributed by atoms with van der Waals surface area (Å²) in [5, 5.41) is 9.18. The summed E-state index contributed by atoms with van der Waals surface area (Å²) in [6, 6.07) is 4.24. The van der Waals surface area contributed by atoms with Crippen molar-refractivity contribution in [3.63, 3.8) is 0 Å². The number of sulfonamides is 1. The molecule has 1 amide bonds. The smallest absolute Gasteiger partial charge is 0.407 e. The Labute approximate surface area is 179 Å². The monoisotopic (exact) mass is 450 g/mol. The van der Waals surface area contributed by atoms with Gasteiger partial charge in [0.25, 0.3) is 5.56 Å². The summed E-state index contributed by atoms with van der Waals surface area (Å²) in [6.45, 7) is 2.10. The van der Waals surface area contributed by atoms with Crippen LogP contribution in [0.25, 0.3) is 10.9 Å². The van der Waals surface area contributed by atoms with Gasteiger partial charge in [-0.05, 0) is 56.7 Å². The average Bonchev–Trinajstić information content (AvgIpc) is 3.63. The van der Waals surface area contributed by atoms with Crippen LogP contribution in [0.5, 0.6) is 0 Å². The third-order valence-corrected chi connectivity index (χ3v) is 7.65. The van der Waals surface area contributed by atoms with Gasteiger partial charge in [0.1, 0.15) is 0 Å². The summed E-state index contributed by atoms with van der Waals surface area (Å²) >= 11 is 0. The van der Waals surface area contributed by atoms with Crippen molar-refractivity contribution in [2.75, 3.05) is 13.6 Å². The molecule has 0 bridgehead atoms. The number of fused-ring (bicyclic) bond motifs is 1. The summed E-state index contributed by atoms with van der Waals surface area (Å²) in [5.74, 6) is 0.341. The molecule has 0 radical (unpaired) electrons. The predicted molar refractivity (Wildman–Crippen MR) is 114 cm³/mol. The van der Waals surface area contributed by atoms with Crippen LogP contribution in [-0.2, 0) is 23.1 Å². The first-order valence-electron chi connectivity index (χ1n) is 10.3. The number of amides is 1. The van der Waals surface area contributed by atoms with Gasteiger partial charge in [0.05, 0.1) is 15.8 Å². The number of carboxylic acid groups (broad SMARTS) is 1. The van der Waals surface area contributed by atoms with Gasteiger partial charge in [-0.15, -0.1) is 0 Å². The zero-order valence-corrected chi connectivity index (χ0v) is 18.3. The van der Waals surface area contributed by atoms with Crippen LogP contribution < -0.4 is 16.0 Å². The molecule has 0 saturated heterocycles. The van der Waals surface area contributed by atoms with Gasteiger partial charge in [-0.3, -0.25) is 13.9 Å². The first-order chi connectivity index (χ1) is 14.5. The second-order valence-corrected chi connectivity index (χ2v) is 10.5. The minimum atomic E-state index is -3.82. The van der Waals surface area contributed by atoms with E-state index >= 15 is 0 Å². The minimum Gasteiger partial charge on any atom is -0.465 e. The van der Waals surface area contributed by atoms with Crippen molar-refractivity contribution in [2.45, 2.75) is 56.1 Å². The van der Waals surface area contributed by atoms with Crippen molar-refractivity contribution in [2.24, 2.45) is 5.92 Å². The Bertz CT molecular complexity index is 1270. The molecular formula is C20H26N4O6S. The third kappa shape index (κ3) is 4.38. The highest BCUT2D eigenvalue weighted by atomic mass is 32.2. The molecule has 2 aromatic rings. The van der Waals surface area contributed by atoms with Gasteiger partial charge in [0.15, 0.2) is 0 Å². The normalized spacial score (nSPS) is 17.6. The summed E-state index contributed by atoms with van der Waals surface area (Å²) in [6.07, 6.45) is 2.32. The molecule has 11 heteroatoms. The molecule has 2 aliphatic carbocycles. The Balaban J connectivity index is 1.82. The highest BCUT2D eigenvalue weighted by molar-refractivity contribution is 7.89. The molecule has 168 valence electrons. The second kappa shape index (κ2) is 7.49. The zero-order valence-electron chi connectivity index (χ0n) is 17.5. The van der Waals surface area contributed by atoms with E-state index in [-0.39, 0.29) is 23.4 Å². The zero-order chi connectivity index (χ0) is 22.6. The Hall–Kier alpha value is -2.66. The van der Waals surface area contributed by atoms with E-state index in [1.54, 1.807) is 0 Å². The molecule has 1 aromatic heterocycles. The first kappa shape index (κ1) is 21.6. The van der Waals surface area contributed by atoms with Crippen LogP contribution in [0.15, 0.2) is 32.7 Å². The third-order valence-electron chi connectivity index (χ3n) is 6.01. The van der Waals surface area contributed by atoms with E-state index < -0.39 is 32.9 Å². The van der Waals surface area contributed by atoms with Gasteiger partial charge in [0, 0.05) is 32.2 Å². The van der Waals surface area contributed by atoms with Gasteiger partial charge < -0.3 is 10.0 Å². The van der Waals surface area contributed by atoms with Crippen LogP contribution in [-0.4, -0.2) is 52.8 Å². The van der Waals surface area contributed by atoms with Crippen LogP contribution in [0.4, 0.5) is 4.79 Å². The Kier molecular flexibility index (Phi) is 5.21. The molecule has 4 rings (SSSR count). The van der Waals surface area contributed by atoms with Crippen molar-refractivity contribution >= 4 is 27.0 Å². The van der Waals surface area contributed by atoms with E-state index in [0.717, 1.165) is 35.2 Å². The lowest BCUT2D eigenvalue weighted by Crippen LogP contribution is -2.43. The molecule has 0 aliphatic heterocycles. The van der Waals surface area contributed by atoms with Gasteiger partial charge in [-0.2, -0.15) is 0 Å². The van der Waals surface area contributed by atoms with Crippen LogP contribution in [0.3, 0.4) is 0 Å². The lowest BCUT2D eigenvalue weighted by atomic mass is 10.2. The molecule has 0 atom stereocenters. The fourth-order valence-corrected chi connectivity index (χ4v) is 5.01. The van der Waals surface area contributed by atoms with Gasteiger partial charge >= 0.3 is 11.8 Å². The number of carbonyl (C=O) groups is 1. The van der Waals surface area contributed by atoms with Crippen molar-refractivity contribution < 1.29 is 18.3 Å². The average molecular weight is 451 g/mol. The molecule has 2 N–H and O–H groups in total. The molecule has 1 heterocycles. The summed E-state index contributed by atoms with van der Waals surface area (Å²) in [7, 11) is -2.47. The Morgan fingerprint density at radius 2 is 1.94 bits per heavy atom. The number of aromatic nitrogens is 2. The quantitative estimate of drug-likeness (QED) is 0.617. The molecule has 1 aromatic carbocycles. The molecule has 2 fully saturated rings. The maximum Gasteiger partial charge on any atom is 0.407 e. The van der Waals surface area contributed by atoms with Gasteiger partial charge in [0.2, 0.25) is 10.0 Å². The molecule has 0 spiro atoms. The topological polar surface area (TPSA) is 131 Å². The van der Waals surface area contributed by atoms with E-state index in [0.29, 0.717) is 18.0 Å². The SMILES string of the molecule is CN(CCn1c(=O)c2cc(S(=O)(=O)NC3(C)CC3)ccc2n(CC2CC2)c1=O)C(=O)O. The lowest BCUT2D eigenvalue weighted by molar-refractivity contribution is 0.154. The molecule has 10 nitrogen and oxygen atoms in total. The number of likely N-dealkylation sites (N-methyl/N-ethyl adjacent to an activating group) is 1. The van der Waals surface area contributed by atoms with Crippen molar-refractivity contribution in [1.29, 1.82) is 0 Å². The first-order valence-corrected chi connectivity index (χ1v) is 11.7. The molecular weight excluding hydrogens is 424 g/mol. The highest BCUT2D eigenvalue weighted by Gasteiger charge is 2.41. The van der Waals surface area contributed by atoms with Crippen LogP contribution in [0.2, 0.25) is 0 Å². The summed E-state index contributed by atoms with van der Waals surface area (Å²) in [5.41, 5.74) is -1.20. The minimum absolute atomic E-state index is 0.0314. The molecule has 31 heavy (non-hydrogen) atoms. The van der Waals surface area contributed by atoms with E-state index in [2.05, 4.69) is 4.72 Å². The Morgan fingerprint density at radius 3 is 2.52 bits per heavy atom. The largest absolute Gasteiger partial charge is 0.465 e. The van der Waals surface area contributed by atoms with E-state index in [1.165, 1.54) is 29.8 Å². The Morgan fingerprint density at radius 1 is 1.26 bits per heavy atom. The number of hydrogen-bond acceptors (Lipinski definition) is 5. The van der Waals surface area contributed by atoms with E-state index in [9.17, 15) is 22.8 Å². The van der Waals surface area contributed by atoms with E-state index in [1.807, 2.05) is 6.92 Å². The lowest BCUT2D eigenvalue weighted by Gasteiger charge is -2.17. The van der Waals surface area contributed by atoms with Crippen LogP contribution in [0.1, 0.15) is 32.6 Å². The molecule has 0 unspecified atom stereocenters. The number of benzene rings is 1. The maximum atomic E-state index is 13.1. The number of nitrogens with one attached hydrogen (secondary N) is 1. The maximum absolute atomic E-state index is 13.1. The fourth-order valence-electron chi connectivity index (χ4n) is 3.52. The fraction of sp³-hybridized carbons (Fsp3) is 0.550. The summed E-state index contributed by atoms with van der Waals surface area (Å²) in [4.78, 5) is 38.2. The van der Waals surface area contributed by atoms with Gasteiger partial charge in [-0.25, -0.2) is 22.7 Å². The summed E-state index contributed by atoms with van der Waals surface area (Å²) < 4.78 is 30.8. The van der Waals surface area contributed by atoms with E-state index in [4.69, 9.17) is 5.11 Å². The number of nitrogens with zero attached hydrogens (tertiary/aromatic N) is 3. The number of rotatable bonds is 8. The second-order valence-electron chi connectivity index (χ2n) is 8.84. The van der Waals surface area contributed by atoms with Gasteiger partial charge in [-0.1, -0.05) is 0 Å². The highest BCUT2D eigenvalue weighted by Crippen LogP contribution is 2.36. The molecule has 2 aliphatic rings. The van der Waals surface area contributed by atoms with Crippen molar-refractivity contribution in [3.8, 4) is 0 Å². The number of hydrogen-bond donors (Lipinski definition) is 2. The van der Waals surface area contributed by atoms with Crippen LogP contribution in [0, 0.1) is 5.92 Å². The van der Waals surface area contributed by atoms with Crippen molar-refractivity contribution in [1.82, 2.24) is 18.8 Å².